The molecule has 3 heterocycles. The smallest absolute Gasteiger partial charge is 0.267 e. The maximum absolute atomic E-state index is 12.7. The fourth-order valence-corrected chi connectivity index (χ4v) is 4.09. The summed E-state index contributed by atoms with van der Waals surface area (Å²) >= 11 is 0. The molecule has 0 saturated carbocycles. The third-order valence-electron chi connectivity index (χ3n) is 5.71. The minimum Gasteiger partial charge on any atom is -0.381 e. The number of carbonyl (C=O) groups is 2. The van der Waals surface area contributed by atoms with Crippen molar-refractivity contribution in [2.75, 3.05) is 32.8 Å². The van der Waals surface area contributed by atoms with Crippen LogP contribution in [0.2, 0.25) is 0 Å². The third kappa shape index (κ3) is 5.82. The Kier molecular flexibility index (Phi) is 7.50. The number of rotatable bonds is 6. The zero-order valence-corrected chi connectivity index (χ0v) is 17.1. The molecule has 0 aliphatic carbocycles. The minimum atomic E-state index is -0.0790. The number of H-pyrrole nitrogens is 1. The van der Waals surface area contributed by atoms with E-state index >= 15 is 0 Å². The van der Waals surface area contributed by atoms with Gasteiger partial charge in [0, 0.05) is 51.1 Å². The highest BCUT2D eigenvalue weighted by molar-refractivity contribution is 5.92. The van der Waals surface area contributed by atoms with Gasteiger partial charge in [-0.1, -0.05) is 13.8 Å². The Labute approximate surface area is 167 Å². The van der Waals surface area contributed by atoms with Gasteiger partial charge in [0.05, 0.1) is 5.92 Å². The van der Waals surface area contributed by atoms with Crippen molar-refractivity contribution in [3.05, 3.63) is 24.0 Å². The van der Waals surface area contributed by atoms with Crippen LogP contribution in [-0.4, -0.2) is 66.6 Å². The molecule has 3 N–H and O–H groups in total. The number of nitrogens with one attached hydrogen (secondary N) is 3. The molecule has 2 amide bonds. The number of nitrogens with zero attached hydrogens (tertiary/aromatic N) is 1. The van der Waals surface area contributed by atoms with Gasteiger partial charge in [0.1, 0.15) is 5.69 Å². The quantitative estimate of drug-likeness (QED) is 0.691. The second-order valence-electron chi connectivity index (χ2n) is 8.46. The molecule has 2 atom stereocenters. The van der Waals surface area contributed by atoms with Crippen molar-refractivity contribution in [1.29, 1.82) is 0 Å². The highest BCUT2D eigenvalue weighted by atomic mass is 16.5. The summed E-state index contributed by atoms with van der Waals surface area (Å²) in [6, 6.07) is 4.06. The van der Waals surface area contributed by atoms with Crippen molar-refractivity contribution in [2.24, 2.45) is 11.8 Å². The van der Waals surface area contributed by atoms with E-state index < -0.39 is 0 Å². The number of amides is 2. The second kappa shape index (κ2) is 10.1. The average molecular weight is 391 g/mol. The van der Waals surface area contributed by atoms with E-state index in [4.69, 9.17) is 4.74 Å². The van der Waals surface area contributed by atoms with Crippen LogP contribution in [0.5, 0.6) is 0 Å². The van der Waals surface area contributed by atoms with Crippen LogP contribution in [0.3, 0.4) is 0 Å². The van der Waals surface area contributed by atoms with E-state index in [2.05, 4.69) is 34.4 Å². The standard InChI is InChI=1S/C21H34N4O3/c1-15(2)12-23-20(26)16-5-6-17(24-21(27)19-4-3-9-22-19)14-25(13-16)18-7-10-28-11-8-18/h3-4,9,15-18,22H,5-8,10-14H2,1-2H3,(H,23,26)(H,24,27)/t16-,17+/m1/s1. The Bertz CT molecular complexity index is 626. The van der Waals surface area contributed by atoms with Gasteiger partial charge in [-0.2, -0.15) is 0 Å². The van der Waals surface area contributed by atoms with Gasteiger partial charge in [0.2, 0.25) is 5.91 Å². The lowest BCUT2D eigenvalue weighted by Crippen LogP contribution is -2.49. The first-order chi connectivity index (χ1) is 13.5. The Morgan fingerprint density at radius 1 is 1.21 bits per heavy atom. The van der Waals surface area contributed by atoms with E-state index in [1.165, 1.54) is 0 Å². The molecule has 0 aromatic carbocycles. The van der Waals surface area contributed by atoms with E-state index in [-0.39, 0.29) is 23.8 Å². The lowest BCUT2D eigenvalue weighted by molar-refractivity contribution is -0.126. The topological polar surface area (TPSA) is 86.5 Å². The van der Waals surface area contributed by atoms with Crippen molar-refractivity contribution in [3.63, 3.8) is 0 Å². The Morgan fingerprint density at radius 3 is 2.68 bits per heavy atom. The van der Waals surface area contributed by atoms with Gasteiger partial charge in [-0.3, -0.25) is 14.5 Å². The van der Waals surface area contributed by atoms with Crippen LogP contribution < -0.4 is 10.6 Å². The maximum Gasteiger partial charge on any atom is 0.267 e. The Morgan fingerprint density at radius 2 is 2.00 bits per heavy atom. The number of hydrogen-bond acceptors (Lipinski definition) is 4. The molecule has 2 fully saturated rings. The van der Waals surface area contributed by atoms with Crippen molar-refractivity contribution in [2.45, 2.75) is 51.6 Å². The molecule has 7 heteroatoms. The van der Waals surface area contributed by atoms with Crippen molar-refractivity contribution in [3.8, 4) is 0 Å². The van der Waals surface area contributed by atoms with Crippen molar-refractivity contribution in [1.82, 2.24) is 20.5 Å². The van der Waals surface area contributed by atoms with Gasteiger partial charge >= 0.3 is 0 Å². The molecule has 7 nitrogen and oxygen atoms in total. The van der Waals surface area contributed by atoms with E-state index in [9.17, 15) is 9.59 Å². The lowest BCUT2D eigenvalue weighted by atomic mass is 10.00. The summed E-state index contributed by atoms with van der Waals surface area (Å²) in [5.74, 6) is 0.467. The first kappa shape index (κ1) is 20.9. The van der Waals surface area contributed by atoms with Crippen molar-refractivity contribution >= 4 is 11.8 Å². The van der Waals surface area contributed by atoms with Crippen LogP contribution in [0.15, 0.2) is 18.3 Å². The van der Waals surface area contributed by atoms with Gasteiger partial charge in [-0.05, 0) is 43.7 Å². The van der Waals surface area contributed by atoms with Gasteiger partial charge in [0.25, 0.3) is 5.91 Å². The third-order valence-corrected chi connectivity index (χ3v) is 5.71. The second-order valence-corrected chi connectivity index (χ2v) is 8.46. The predicted octanol–water partition coefficient (Wildman–Crippen LogP) is 1.78. The molecule has 1 aromatic rings. The van der Waals surface area contributed by atoms with Gasteiger partial charge < -0.3 is 20.4 Å². The number of ether oxygens (including phenoxy) is 1. The van der Waals surface area contributed by atoms with Crippen molar-refractivity contribution < 1.29 is 14.3 Å². The molecule has 1 aromatic heterocycles. The van der Waals surface area contributed by atoms with E-state index in [0.717, 1.165) is 52.0 Å². The number of likely N-dealkylation sites (tertiary alicyclic amines) is 1. The first-order valence-electron chi connectivity index (χ1n) is 10.6. The first-order valence-corrected chi connectivity index (χ1v) is 10.6. The summed E-state index contributed by atoms with van der Waals surface area (Å²) in [6.07, 6.45) is 5.33. The van der Waals surface area contributed by atoms with Crippen LogP contribution in [0, 0.1) is 11.8 Å². The maximum atomic E-state index is 12.7. The molecule has 2 aliphatic rings. The molecule has 0 radical (unpaired) electrons. The molecular weight excluding hydrogens is 356 g/mol. The summed E-state index contributed by atoms with van der Waals surface area (Å²) < 4.78 is 5.52. The molecule has 0 unspecified atom stereocenters. The van der Waals surface area contributed by atoms with Crippen LogP contribution in [-0.2, 0) is 9.53 Å². The molecular formula is C21H34N4O3. The highest BCUT2D eigenvalue weighted by Gasteiger charge is 2.33. The number of aromatic amines is 1. The van der Waals surface area contributed by atoms with Gasteiger partial charge in [-0.15, -0.1) is 0 Å². The zero-order valence-electron chi connectivity index (χ0n) is 17.1. The molecule has 0 bridgehead atoms. The molecule has 2 saturated heterocycles. The van der Waals surface area contributed by atoms with Crippen LogP contribution in [0.25, 0.3) is 0 Å². The normalized spacial score (nSPS) is 24.7. The predicted molar refractivity (Wildman–Crippen MR) is 108 cm³/mol. The SMILES string of the molecule is CC(C)CNC(=O)[C@@H]1CC[C@H](NC(=O)c2ccc[nH]2)CN(C2CCOCC2)C1. The van der Waals surface area contributed by atoms with Crippen LogP contribution in [0.4, 0.5) is 0 Å². The van der Waals surface area contributed by atoms with Crippen LogP contribution >= 0.6 is 0 Å². The van der Waals surface area contributed by atoms with Crippen LogP contribution in [0.1, 0.15) is 50.0 Å². The summed E-state index contributed by atoms with van der Waals surface area (Å²) in [4.78, 5) is 30.6. The molecule has 156 valence electrons. The number of hydrogen-bond donors (Lipinski definition) is 3. The van der Waals surface area contributed by atoms with E-state index in [1.54, 1.807) is 12.3 Å². The lowest BCUT2D eigenvalue weighted by Gasteiger charge is -2.36. The van der Waals surface area contributed by atoms with Gasteiger partial charge in [0.15, 0.2) is 0 Å². The largest absolute Gasteiger partial charge is 0.381 e. The fourth-order valence-electron chi connectivity index (χ4n) is 4.09. The summed E-state index contributed by atoms with van der Waals surface area (Å²) in [5.41, 5.74) is 0.577. The van der Waals surface area contributed by atoms with E-state index in [0.29, 0.717) is 24.2 Å². The number of carbonyl (C=O) groups excluding carboxylic acids is 2. The minimum absolute atomic E-state index is 0.0333. The summed E-state index contributed by atoms with van der Waals surface area (Å²) in [5, 5.41) is 6.26. The summed E-state index contributed by atoms with van der Waals surface area (Å²) in [7, 11) is 0. The summed E-state index contributed by atoms with van der Waals surface area (Å²) in [6.45, 7) is 7.99. The average Bonchev–Trinajstić information content (AvgIpc) is 3.15. The zero-order chi connectivity index (χ0) is 19.9. The van der Waals surface area contributed by atoms with Gasteiger partial charge in [-0.25, -0.2) is 0 Å². The number of aromatic nitrogens is 1. The molecule has 0 spiro atoms. The monoisotopic (exact) mass is 390 g/mol. The molecule has 3 rings (SSSR count). The molecule has 28 heavy (non-hydrogen) atoms. The highest BCUT2D eigenvalue weighted by Crippen LogP contribution is 2.23. The fraction of sp³-hybridized carbons (Fsp3) is 0.714. The van der Waals surface area contributed by atoms with E-state index in [1.807, 2.05) is 6.07 Å². The Balaban J connectivity index is 1.66. The molecule has 2 aliphatic heterocycles. The Hall–Kier alpha value is -1.86.